The molecule has 0 spiro atoms. The Morgan fingerprint density at radius 1 is 1.40 bits per heavy atom. The molecule has 84 valence electrons. The number of nitrogens with two attached hydrogens (primary N) is 1. The quantitative estimate of drug-likeness (QED) is 0.746. The minimum absolute atomic E-state index is 0.190. The van der Waals surface area contributed by atoms with Gasteiger partial charge in [0.2, 0.25) is 0 Å². The van der Waals surface area contributed by atoms with E-state index in [1.165, 1.54) is 6.33 Å². The maximum absolute atomic E-state index is 6.08. The molecule has 0 aliphatic heterocycles. The SMILES string of the molecule is CCC(CC)C(N)CNc1ccncn1. The lowest BCUT2D eigenvalue weighted by Crippen LogP contribution is -2.36. The molecule has 4 heteroatoms. The Bertz CT molecular complexity index is 259. The van der Waals surface area contributed by atoms with Gasteiger partial charge in [0.25, 0.3) is 0 Å². The average Bonchev–Trinajstić information content (AvgIpc) is 2.29. The van der Waals surface area contributed by atoms with Crippen molar-refractivity contribution in [3.05, 3.63) is 18.6 Å². The fraction of sp³-hybridized carbons (Fsp3) is 0.636. The van der Waals surface area contributed by atoms with Crippen molar-refractivity contribution in [2.75, 3.05) is 11.9 Å². The largest absolute Gasteiger partial charge is 0.368 e. The second kappa shape index (κ2) is 6.35. The highest BCUT2D eigenvalue weighted by Gasteiger charge is 2.13. The summed E-state index contributed by atoms with van der Waals surface area (Å²) in [5, 5.41) is 3.22. The number of anilines is 1. The molecule has 1 aromatic heterocycles. The third-order valence-electron chi connectivity index (χ3n) is 2.76. The van der Waals surface area contributed by atoms with Crippen LogP contribution in [0.3, 0.4) is 0 Å². The van der Waals surface area contributed by atoms with E-state index in [1.807, 2.05) is 6.07 Å². The first kappa shape index (κ1) is 11.9. The minimum atomic E-state index is 0.190. The van der Waals surface area contributed by atoms with Gasteiger partial charge in [0.15, 0.2) is 0 Å². The van der Waals surface area contributed by atoms with Crippen LogP contribution in [-0.2, 0) is 0 Å². The van der Waals surface area contributed by atoms with E-state index in [4.69, 9.17) is 5.73 Å². The average molecular weight is 208 g/mol. The van der Waals surface area contributed by atoms with E-state index in [0.717, 1.165) is 25.2 Å². The standard InChI is InChI=1S/C11H20N4/c1-3-9(4-2)10(12)7-14-11-5-6-13-8-15-11/h5-6,8-10H,3-4,7,12H2,1-2H3,(H,13,14,15). The third kappa shape index (κ3) is 3.83. The van der Waals surface area contributed by atoms with E-state index in [9.17, 15) is 0 Å². The van der Waals surface area contributed by atoms with Gasteiger partial charge in [-0.15, -0.1) is 0 Å². The van der Waals surface area contributed by atoms with Crippen molar-refractivity contribution < 1.29 is 0 Å². The van der Waals surface area contributed by atoms with Crippen LogP contribution in [0, 0.1) is 5.92 Å². The fourth-order valence-corrected chi connectivity index (χ4v) is 1.68. The molecule has 0 bridgehead atoms. The number of aromatic nitrogens is 2. The van der Waals surface area contributed by atoms with Gasteiger partial charge in [-0.05, 0) is 12.0 Å². The molecule has 1 atom stereocenters. The maximum Gasteiger partial charge on any atom is 0.129 e. The lowest BCUT2D eigenvalue weighted by molar-refractivity contribution is 0.407. The van der Waals surface area contributed by atoms with Crippen LogP contribution in [0.2, 0.25) is 0 Å². The topological polar surface area (TPSA) is 63.8 Å². The summed E-state index contributed by atoms with van der Waals surface area (Å²) in [6, 6.07) is 2.04. The van der Waals surface area contributed by atoms with Crippen molar-refractivity contribution in [2.24, 2.45) is 11.7 Å². The Balaban J connectivity index is 2.36. The van der Waals surface area contributed by atoms with Gasteiger partial charge in [-0.2, -0.15) is 0 Å². The summed E-state index contributed by atoms with van der Waals surface area (Å²) < 4.78 is 0. The number of rotatable bonds is 6. The second-order valence-electron chi connectivity index (χ2n) is 3.72. The molecule has 0 radical (unpaired) electrons. The van der Waals surface area contributed by atoms with Gasteiger partial charge < -0.3 is 11.1 Å². The summed E-state index contributed by atoms with van der Waals surface area (Å²) in [7, 11) is 0. The first-order valence-corrected chi connectivity index (χ1v) is 5.53. The van der Waals surface area contributed by atoms with E-state index < -0.39 is 0 Å². The lowest BCUT2D eigenvalue weighted by atomic mass is 9.95. The zero-order valence-electron chi connectivity index (χ0n) is 9.48. The zero-order valence-corrected chi connectivity index (χ0v) is 9.48. The van der Waals surface area contributed by atoms with Crippen molar-refractivity contribution in [3.8, 4) is 0 Å². The van der Waals surface area contributed by atoms with Gasteiger partial charge >= 0.3 is 0 Å². The van der Waals surface area contributed by atoms with E-state index in [-0.39, 0.29) is 6.04 Å². The molecule has 0 amide bonds. The summed E-state index contributed by atoms with van der Waals surface area (Å²) in [6.07, 6.45) is 5.51. The molecule has 1 rings (SSSR count). The molecular formula is C11H20N4. The Morgan fingerprint density at radius 2 is 2.13 bits per heavy atom. The highest BCUT2D eigenvalue weighted by atomic mass is 15.0. The predicted octanol–water partition coefficient (Wildman–Crippen LogP) is 1.65. The fourth-order valence-electron chi connectivity index (χ4n) is 1.68. The third-order valence-corrected chi connectivity index (χ3v) is 2.76. The molecule has 0 aliphatic rings. The van der Waals surface area contributed by atoms with E-state index in [0.29, 0.717) is 5.92 Å². The second-order valence-corrected chi connectivity index (χ2v) is 3.72. The van der Waals surface area contributed by atoms with Crippen LogP contribution >= 0.6 is 0 Å². The first-order chi connectivity index (χ1) is 7.27. The molecule has 0 saturated heterocycles. The zero-order chi connectivity index (χ0) is 11.1. The smallest absolute Gasteiger partial charge is 0.129 e. The molecule has 1 heterocycles. The summed E-state index contributed by atoms with van der Waals surface area (Å²) in [5.41, 5.74) is 6.08. The van der Waals surface area contributed by atoms with Gasteiger partial charge in [0, 0.05) is 18.8 Å². The highest BCUT2D eigenvalue weighted by molar-refractivity contribution is 5.31. The van der Waals surface area contributed by atoms with Gasteiger partial charge in [-0.3, -0.25) is 0 Å². The molecule has 4 nitrogen and oxygen atoms in total. The Labute approximate surface area is 91.3 Å². The molecule has 15 heavy (non-hydrogen) atoms. The van der Waals surface area contributed by atoms with Crippen LogP contribution in [0.5, 0.6) is 0 Å². The molecule has 1 aromatic rings. The van der Waals surface area contributed by atoms with Crippen LogP contribution in [0.1, 0.15) is 26.7 Å². The number of hydrogen-bond acceptors (Lipinski definition) is 4. The minimum Gasteiger partial charge on any atom is -0.368 e. The summed E-state index contributed by atoms with van der Waals surface area (Å²) in [4.78, 5) is 7.94. The normalized spacial score (nSPS) is 12.8. The Morgan fingerprint density at radius 3 is 2.67 bits per heavy atom. The van der Waals surface area contributed by atoms with Gasteiger partial charge in [-0.25, -0.2) is 9.97 Å². The summed E-state index contributed by atoms with van der Waals surface area (Å²) in [5.74, 6) is 1.42. The molecule has 1 unspecified atom stereocenters. The van der Waals surface area contributed by atoms with Crippen LogP contribution in [0.15, 0.2) is 18.6 Å². The van der Waals surface area contributed by atoms with Crippen LogP contribution in [0.4, 0.5) is 5.82 Å². The summed E-state index contributed by atoms with van der Waals surface area (Å²) >= 11 is 0. The molecule has 0 aliphatic carbocycles. The van der Waals surface area contributed by atoms with Crippen molar-refractivity contribution in [2.45, 2.75) is 32.7 Å². The summed E-state index contributed by atoms with van der Waals surface area (Å²) in [6.45, 7) is 5.13. The first-order valence-electron chi connectivity index (χ1n) is 5.53. The Kier molecular flexibility index (Phi) is 5.04. The van der Waals surface area contributed by atoms with Crippen molar-refractivity contribution in [1.82, 2.24) is 9.97 Å². The molecular weight excluding hydrogens is 188 g/mol. The molecule has 0 fully saturated rings. The van der Waals surface area contributed by atoms with Crippen molar-refractivity contribution in [1.29, 1.82) is 0 Å². The molecule has 0 aromatic carbocycles. The van der Waals surface area contributed by atoms with E-state index in [2.05, 4.69) is 29.1 Å². The van der Waals surface area contributed by atoms with Gasteiger partial charge in [-0.1, -0.05) is 26.7 Å². The van der Waals surface area contributed by atoms with Crippen LogP contribution < -0.4 is 11.1 Å². The molecule has 0 saturated carbocycles. The lowest BCUT2D eigenvalue weighted by Gasteiger charge is -2.21. The van der Waals surface area contributed by atoms with Crippen molar-refractivity contribution in [3.63, 3.8) is 0 Å². The van der Waals surface area contributed by atoms with Crippen LogP contribution in [-0.4, -0.2) is 22.6 Å². The maximum atomic E-state index is 6.08. The van der Waals surface area contributed by atoms with Gasteiger partial charge in [0.1, 0.15) is 12.1 Å². The Hall–Kier alpha value is -1.16. The van der Waals surface area contributed by atoms with E-state index >= 15 is 0 Å². The number of nitrogens with zero attached hydrogens (tertiary/aromatic N) is 2. The van der Waals surface area contributed by atoms with Crippen molar-refractivity contribution >= 4 is 5.82 Å². The number of nitrogens with one attached hydrogen (secondary N) is 1. The van der Waals surface area contributed by atoms with Gasteiger partial charge in [0.05, 0.1) is 0 Å². The predicted molar refractivity (Wildman–Crippen MR) is 62.6 cm³/mol. The monoisotopic (exact) mass is 208 g/mol. The molecule has 3 N–H and O–H groups in total. The van der Waals surface area contributed by atoms with E-state index in [1.54, 1.807) is 6.20 Å². The number of hydrogen-bond donors (Lipinski definition) is 2. The highest BCUT2D eigenvalue weighted by Crippen LogP contribution is 2.11. The van der Waals surface area contributed by atoms with Crippen LogP contribution in [0.25, 0.3) is 0 Å².